The zero-order valence-electron chi connectivity index (χ0n) is 13.8. The van der Waals surface area contributed by atoms with E-state index in [-0.39, 0.29) is 11.9 Å². The summed E-state index contributed by atoms with van der Waals surface area (Å²) in [5, 5.41) is 0. The molecule has 1 amide bonds. The molecule has 1 aromatic carbocycles. The molecule has 0 bridgehead atoms. The van der Waals surface area contributed by atoms with Crippen molar-refractivity contribution in [3.05, 3.63) is 65.5 Å². The summed E-state index contributed by atoms with van der Waals surface area (Å²) < 4.78 is 0. The molecule has 0 radical (unpaired) electrons. The number of amides is 1. The maximum absolute atomic E-state index is 12.0. The van der Waals surface area contributed by atoms with Crippen molar-refractivity contribution in [1.29, 1.82) is 0 Å². The molecule has 0 aliphatic carbocycles. The number of aromatic nitrogens is 1. The van der Waals surface area contributed by atoms with Gasteiger partial charge in [-0.05, 0) is 24.6 Å². The molecule has 0 unspecified atom stereocenters. The number of pyridine rings is 1. The molecule has 1 saturated heterocycles. The normalized spacial score (nSPS) is 18.9. The number of hydrogen-bond acceptors (Lipinski definition) is 3. The van der Waals surface area contributed by atoms with Gasteiger partial charge in [0.25, 0.3) is 0 Å². The Morgan fingerprint density at radius 3 is 2.61 bits per heavy atom. The van der Waals surface area contributed by atoms with Crippen LogP contribution in [0.4, 0.5) is 0 Å². The molecule has 1 aromatic heterocycles. The monoisotopic (exact) mass is 309 g/mol. The van der Waals surface area contributed by atoms with Gasteiger partial charge in [0.05, 0.1) is 11.7 Å². The Kier molecular flexibility index (Phi) is 4.72. The third-order valence-electron chi connectivity index (χ3n) is 4.38. The lowest BCUT2D eigenvalue weighted by molar-refractivity contribution is -0.134. The molecule has 1 aliphatic heterocycles. The Labute approximate surface area is 137 Å². The molecule has 4 heteroatoms. The molecule has 1 atom stereocenters. The van der Waals surface area contributed by atoms with Crippen LogP contribution in [0.5, 0.6) is 0 Å². The van der Waals surface area contributed by atoms with Crippen molar-refractivity contribution in [3.63, 3.8) is 0 Å². The van der Waals surface area contributed by atoms with Gasteiger partial charge in [0.1, 0.15) is 0 Å². The van der Waals surface area contributed by atoms with Gasteiger partial charge in [-0.3, -0.25) is 14.7 Å². The minimum Gasteiger partial charge on any atom is -0.333 e. The number of benzene rings is 1. The molecule has 1 fully saturated rings. The number of hydrogen-bond donors (Lipinski definition) is 0. The highest BCUT2D eigenvalue weighted by molar-refractivity contribution is 5.74. The summed E-state index contributed by atoms with van der Waals surface area (Å²) in [5.74, 6) is 0.146. The van der Waals surface area contributed by atoms with Crippen molar-refractivity contribution < 1.29 is 4.79 Å². The Hall–Kier alpha value is -2.20. The highest BCUT2D eigenvalue weighted by Gasteiger charge is 2.29. The van der Waals surface area contributed by atoms with Crippen LogP contribution in [0, 0.1) is 6.92 Å². The van der Waals surface area contributed by atoms with E-state index in [0.717, 1.165) is 37.6 Å². The van der Waals surface area contributed by atoms with Crippen LogP contribution in [-0.4, -0.2) is 40.3 Å². The number of nitrogens with zero attached hydrogens (tertiary/aromatic N) is 3. The standard InChI is InChI=1S/C19H23N3O/c1-15-7-6-10-18(20-15)13-21-11-12-22(16(2)23)19(14-21)17-8-4-3-5-9-17/h3-10,19H,11-14H2,1-2H3/t19-/m0/s1. The molecular formula is C19H23N3O. The summed E-state index contributed by atoms with van der Waals surface area (Å²) in [7, 11) is 0. The van der Waals surface area contributed by atoms with Gasteiger partial charge in [0, 0.05) is 38.8 Å². The van der Waals surface area contributed by atoms with Gasteiger partial charge in [0.15, 0.2) is 0 Å². The number of carbonyl (C=O) groups excluding carboxylic acids is 1. The van der Waals surface area contributed by atoms with E-state index in [0.29, 0.717) is 0 Å². The molecule has 3 rings (SSSR count). The SMILES string of the molecule is CC(=O)N1CCN(Cc2cccc(C)n2)C[C@H]1c1ccccc1. The van der Waals surface area contributed by atoms with E-state index in [1.807, 2.05) is 36.1 Å². The van der Waals surface area contributed by atoms with Crippen LogP contribution >= 0.6 is 0 Å². The maximum Gasteiger partial charge on any atom is 0.220 e. The number of piperazine rings is 1. The fraction of sp³-hybridized carbons (Fsp3) is 0.368. The molecule has 1 aliphatic rings. The fourth-order valence-corrected chi connectivity index (χ4v) is 3.24. The largest absolute Gasteiger partial charge is 0.333 e. The number of carbonyl (C=O) groups is 1. The second-order valence-electron chi connectivity index (χ2n) is 6.14. The van der Waals surface area contributed by atoms with Crippen LogP contribution < -0.4 is 0 Å². The van der Waals surface area contributed by atoms with Crippen LogP contribution in [0.2, 0.25) is 0 Å². The highest BCUT2D eigenvalue weighted by Crippen LogP contribution is 2.26. The van der Waals surface area contributed by atoms with E-state index >= 15 is 0 Å². The number of aryl methyl sites for hydroxylation is 1. The van der Waals surface area contributed by atoms with E-state index in [4.69, 9.17) is 0 Å². The fourth-order valence-electron chi connectivity index (χ4n) is 3.24. The summed E-state index contributed by atoms with van der Waals surface area (Å²) in [6, 6.07) is 16.6. The molecule has 2 aromatic rings. The Bertz CT molecular complexity index is 671. The van der Waals surface area contributed by atoms with Gasteiger partial charge >= 0.3 is 0 Å². The number of rotatable bonds is 3. The van der Waals surface area contributed by atoms with Crippen molar-refractivity contribution >= 4 is 5.91 Å². The highest BCUT2D eigenvalue weighted by atomic mass is 16.2. The first-order valence-electron chi connectivity index (χ1n) is 8.10. The maximum atomic E-state index is 12.0. The van der Waals surface area contributed by atoms with Gasteiger partial charge in [-0.25, -0.2) is 0 Å². The molecule has 2 heterocycles. The van der Waals surface area contributed by atoms with Gasteiger partial charge in [0.2, 0.25) is 5.91 Å². The molecular weight excluding hydrogens is 286 g/mol. The predicted molar refractivity (Wildman–Crippen MR) is 90.8 cm³/mol. The van der Waals surface area contributed by atoms with Crippen LogP contribution in [0.15, 0.2) is 48.5 Å². The topological polar surface area (TPSA) is 36.4 Å². The second kappa shape index (κ2) is 6.92. The average molecular weight is 309 g/mol. The first kappa shape index (κ1) is 15.7. The van der Waals surface area contributed by atoms with Gasteiger partial charge in [-0.2, -0.15) is 0 Å². The zero-order valence-corrected chi connectivity index (χ0v) is 13.8. The first-order chi connectivity index (χ1) is 11.1. The summed E-state index contributed by atoms with van der Waals surface area (Å²) >= 11 is 0. The van der Waals surface area contributed by atoms with Crippen molar-refractivity contribution in [2.75, 3.05) is 19.6 Å². The zero-order chi connectivity index (χ0) is 16.2. The summed E-state index contributed by atoms with van der Waals surface area (Å²) in [6.45, 7) is 7.01. The molecule has 0 spiro atoms. The van der Waals surface area contributed by atoms with Crippen LogP contribution in [0.25, 0.3) is 0 Å². The smallest absolute Gasteiger partial charge is 0.220 e. The quantitative estimate of drug-likeness (QED) is 0.875. The van der Waals surface area contributed by atoms with Gasteiger partial charge in [-0.15, -0.1) is 0 Å². The van der Waals surface area contributed by atoms with E-state index in [9.17, 15) is 4.79 Å². The van der Waals surface area contributed by atoms with Crippen LogP contribution in [-0.2, 0) is 11.3 Å². The van der Waals surface area contributed by atoms with Crippen molar-refractivity contribution in [2.24, 2.45) is 0 Å². The second-order valence-corrected chi connectivity index (χ2v) is 6.14. The lowest BCUT2D eigenvalue weighted by atomic mass is 10.0. The van der Waals surface area contributed by atoms with Crippen LogP contribution in [0.3, 0.4) is 0 Å². The van der Waals surface area contributed by atoms with Gasteiger partial charge in [-0.1, -0.05) is 36.4 Å². The van der Waals surface area contributed by atoms with E-state index < -0.39 is 0 Å². The Morgan fingerprint density at radius 1 is 1.13 bits per heavy atom. The summed E-state index contributed by atoms with van der Waals surface area (Å²) in [6.07, 6.45) is 0. The van der Waals surface area contributed by atoms with Crippen molar-refractivity contribution in [1.82, 2.24) is 14.8 Å². The van der Waals surface area contributed by atoms with E-state index in [1.54, 1.807) is 6.92 Å². The first-order valence-corrected chi connectivity index (χ1v) is 8.10. The minimum absolute atomic E-state index is 0.118. The molecule has 0 N–H and O–H groups in total. The third kappa shape index (κ3) is 3.77. The molecule has 120 valence electrons. The summed E-state index contributed by atoms with van der Waals surface area (Å²) in [4.78, 5) is 21.0. The Morgan fingerprint density at radius 2 is 1.91 bits per heavy atom. The Balaban J connectivity index is 1.77. The van der Waals surface area contributed by atoms with Crippen molar-refractivity contribution in [3.8, 4) is 0 Å². The van der Waals surface area contributed by atoms with E-state index in [2.05, 4.69) is 34.1 Å². The van der Waals surface area contributed by atoms with E-state index in [1.165, 1.54) is 5.56 Å². The molecule has 23 heavy (non-hydrogen) atoms. The molecule has 0 saturated carbocycles. The van der Waals surface area contributed by atoms with Gasteiger partial charge < -0.3 is 4.90 Å². The lowest BCUT2D eigenvalue weighted by Gasteiger charge is -2.41. The van der Waals surface area contributed by atoms with Crippen molar-refractivity contribution in [2.45, 2.75) is 26.4 Å². The molecule has 4 nitrogen and oxygen atoms in total. The minimum atomic E-state index is 0.118. The average Bonchev–Trinajstić information content (AvgIpc) is 2.55. The summed E-state index contributed by atoms with van der Waals surface area (Å²) in [5.41, 5.74) is 3.34. The predicted octanol–water partition coefficient (Wildman–Crippen LogP) is 2.80. The third-order valence-corrected chi connectivity index (χ3v) is 4.38. The lowest BCUT2D eigenvalue weighted by Crippen LogP contribution is -2.49. The van der Waals surface area contributed by atoms with Crippen LogP contribution in [0.1, 0.15) is 29.9 Å².